The van der Waals surface area contributed by atoms with E-state index in [2.05, 4.69) is 5.32 Å². The Labute approximate surface area is 131 Å². The molecular formula is C15H19F3N2O3. The second-order valence-corrected chi connectivity index (χ2v) is 5.60. The summed E-state index contributed by atoms with van der Waals surface area (Å²) in [5.74, 6) is -0.684. The Balaban J connectivity index is 2.27. The maximum Gasteiger partial charge on any atom is 0.408 e. The number of furan rings is 1. The quantitative estimate of drug-likeness (QED) is 0.925. The van der Waals surface area contributed by atoms with Crippen LogP contribution in [-0.2, 0) is 11.2 Å². The number of amides is 2. The van der Waals surface area contributed by atoms with Crippen LogP contribution in [0.5, 0.6) is 0 Å². The number of aryl methyl sites for hydroxylation is 1. The van der Waals surface area contributed by atoms with Crippen molar-refractivity contribution in [3.05, 3.63) is 23.7 Å². The van der Waals surface area contributed by atoms with Crippen molar-refractivity contribution in [1.82, 2.24) is 10.2 Å². The van der Waals surface area contributed by atoms with Crippen molar-refractivity contribution < 1.29 is 27.2 Å². The molecule has 1 aromatic rings. The van der Waals surface area contributed by atoms with Crippen LogP contribution in [0.2, 0.25) is 0 Å². The molecule has 1 N–H and O–H groups in total. The summed E-state index contributed by atoms with van der Waals surface area (Å²) in [6.07, 6.45) is -2.86. The minimum absolute atomic E-state index is 0.144. The van der Waals surface area contributed by atoms with E-state index in [0.29, 0.717) is 12.2 Å². The highest BCUT2D eigenvalue weighted by atomic mass is 19.4. The first-order chi connectivity index (χ1) is 10.7. The van der Waals surface area contributed by atoms with Crippen LogP contribution in [0, 0.1) is 0 Å². The SMILES string of the molecule is CCc1occc1C(=O)N1C[C@@H](NC(C)=O)CC[C@H]1C(F)(F)F. The van der Waals surface area contributed by atoms with Gasteiger partial charge in [-0.05, 0) is 18.9 Å². The molecule has 0 spiro atoms. The van der Waals surface area contributed by atoms with Crippen LogP contribution < -0.4 is 5.32 Å². The maximum absolute atomic E-state index is 13.3. The van der Waals surface area contributed by atoms with Crippen LogP contribution in [0.15, 0.2) is 16.7 Å². The summed E-state index contributed by atoms with van der Waals surface area (Å²) in [5, 5.41) is 2.59. The number of nitrogens with one attached hydrogen (secondary N) is 1. The van der Waals surface area contributed by atoms with Crippen LogP contribution in [0.25, 0.3) is 0 Å². The number of rotatable bonds is 3. The zero-order valence-electron chi connectivity index (χ0n) is 12.9. The van der Waals surface area contributed by atoms with E-state index in [1.807, 2.05) is 0 Å². The number of hydrogen-bond donors (Lipinski definition) is 1. The largest absolute Gasteiger partial charge is 0.469 e. The van der Waals surface area contributed by atoms with E-state index in [1.54, 1.807) is 6.92 Å². The molecule has 8 heteroatoms. The molecule has 0 aromatic carbocycles. The van der Waals surface area contributed by atoms with E-state index < -0.39 is 24.2 Å². The van der Waals surface area contributed by atoms with Gasteiger partial charge in [-0.1, -0.05) is 6.92 Å². The Morgan fingerprint density at radius 3 is 2.65 bits per heavy atom. The van der Waals surface area contributed by atoms with Gasteiger partial charge in [-0.2, -0.15) is 13.2 Å². The number of halogens is 3. The fraction of sp³-hybridized carbons (Fsp3) is 0.600. The number of carbonyl (C=O) groups excluding carboxylic acids is 2. The van der Waals surface area contributed by atoms with E-state index in [9.17, 15) is 22.8 Å². The Hall–Kier alpha value is -1.99. The molecule has 0 bridgehead atoms. The maximum atomic E-state index is 13.3. The number of carbonyl (C=O) groups is 2. The summed E-state index contributed by atoms with van der Waals surface area (Å²) in [6, 6.07) is -0.942. The van der Waals surface area contributed by atoms with Gasteiger partial charge in [-0.25, -0.2) is 0 Å². The Kier molecular flexibility index (Phi) is 5.01. The van der Waals surface area contributed by atoms with Gasteiger partial charge in [-0.15, -0.1) is 0 Å². The van der Waals surface area contributed by atoms with E-state index >= 15 is 0 Å². The molecule has 1 aromatic heterocycles. The van der Waals surface area contributed by atoms with Crippen LogP contribution in [0.1, 0.15) is 42.8 Å². The molecule has 0 aliphatic carbocycles. The fourth-order valence-electron chi connectivity index (χ4n) is 2.90. The number of nitrogens with zero attached hydrogens (tertiary/aromatic N) is 1. The average molecular weight is 332 g/mol. The first-order valence-corrected chi connectivity index (χ1v) is 7.45. The van der Waals surface area contributed by atoms with E-state index in [-0.39, 0.29) is 30.9 Å². The van der Waals surface area contributed by atoms with Crippen LogP contribution in [-0.4, -0.2) is 41.5 Å². The molecule has 0 saturated carbocycles. The van der Waals surface area contributed by atoms with Gasteiger partial charge in [0.05, 0.1) is 11.8 Å². The molecule has 2 heterocycles. The van der Waals surface area contributed by atoms with Gasteiger partial charge in [0.2, 0.25) is 5.91 Å². The minimum Gasteiger partial charge on any atom is -0.469 e. The number of alkyl halides is 3. The average Bonchev–Trinajstić information content (AvgIpc) is 2.93. The topological polar surface area (TPSA) is 62.6 Å². The predicted molar refractivity (Wildman–Crippen MR) is 75.8 cm³/mol. The molecule has 1 fully saturated rings. The third kappa shape index (κ3) is 3.86. The molecule has 1 aliphatic heterocycles. The summed E-state index contributed by atoms with van der Waals surface area (Å²) in [7, 11) is 0. The summed E-state index contributed by atoms with van der Waals surface area (Å²) in [4.78, 5) is 24.5. The van der Waals surface area contributed by atoms with Crippen molar-refractivity contribution in [2.75, 3.05) is 6.54 Å². The van der Waals surface area contributed by atoms with Crippen molar-refractivity contribution in [2.24, 2.45) is 0 Å². The number of hydrogen-bond acceptors (Lipinski definition) is 3. The lowest BCUT2D eigenvalue weighted by molar-refractivity contribution is -0.184. The van der Waals surface area contributed by atoms with Crippen LogP contribution >= 0.6 is 0 Å². The van der Waals surface area contributed by atoms with Crippen molar-refractivity contribution in [2.45, 2.75) is 51.4 Å². The molecule has 0 radical (unpaired) electrons. The van der Waals surface area contributed by atoms with Crippen molar-refractivity contribution in [1.29, 1.82) is 0 Å². The first kappa shape index (κ1) is 17.4. The van der Waals surface area contributed by atoms with Crippen molar-refractivity contribution in [3.63, 3.8) is 0 Å². The molecule has 2 amide bonds. The molecule has 2 rings (SSSR count). The van der Waals surface area contributed by atoms with Crippen LogP contribution in [0.4, 0.5) is 13.2 Å². The standard InChI is InChI=1S/C15H19F3N2O3/c1-3-12-11(6-7-23-12)14(22)20-8-10(19-9(2)21)4-5-13(20)15(16,17)18/h6-7,10,13H,3-5,8H2,1-2H3,(H,19,21)/t10-,13-/m0/s1. The van der Waals surface area contributed by atoms with Gasteiger partial charge in [0.15, 0.2) is 0 Å². The third-order valence-corrected chi connectivity index (χ3v) is 3.92. The summed E-state index contributed by atoms with van der Waals surface area (Å²) in [5.41, 5.74) is 0.144. The lowest BCUT2D eigenvalue weighted by atomic mass is 9.96. The molecule has 0 unspecified atom stereocenters. The van der Waals surface area contributed by atoms with Crippen molar-refractivity contribution in [3.8, 4) is 0 Å². The van der Waals surface area contributed by atoms with E-state index in [4.69, 9.17) is 4.42 Å². The molecule has 2 atom stereocenters. The minimum atomic E-state index is -4.51. The molecule has 5 nitrogen and oxygen atoms in total. The van der Waals surface area contributed by atoms with E-state index in [0.717, 1.165) is 4.90 Å². The fourth-order valence-corrected chi connectivity index (χ4v) is 2.90. The lowest BCUT2D eigenvalue weighted by Gasteiger charge is -2.40. The van der Waals surface area contributed by atoms with Crippen molar-refractivity contribution >= 4 is 11.8 Å². The second-order valence-electron chi connectivity index (χ2n) is 5.60. The Morgan fingerprint density at radius 1 is 1.39 bits per heavy atom. The highest BCUT2D eigenvalue weighted by Gasteiger charge is 2.48. The monoisotopic (exact) mass is 332 g/mol. The summed E-state index contributed by atoms with van der Waals surface area (Å²) >= 11 is 0. The molecule has 1 saturated heterocycles. The summed E-state index contributed by atoms with van der Waals surface area (Å²) in [6.45, 7) is 2.89. The van der Waals surface area contributed by atoms with Gasteiger partial charge in [0.1, 0.15) is 11.8 Å². The molecule has 23 heavy (non-hydrogen) atoms. The van der Waals surface area contributed by atoms with Gasteiger partial charge >= 0.3 is 6.18 Å². The second kappa shape index (κ2) is 6.64. The van der Waals surface area contributed by atoms with Gasteiger partial charge in [-0.3, -0.25) is 9.59 Å². The normalized spacial score (nSPS) is 22.0. The van der Waals surface area contributed by atoms with E-state index in [1.165, 1.54) is 19.3 Å². The smallest absolute Gasteiger partial charge is 0.408 e. The Morgan fingerprint density at radius 2 is 2.09 bits per heavy atom. The van der Waals surface area contributed by atoms with Crippen LogP contribution in [0.3, 0.4) is 0 Å². The number of likely N-dealkylation sites (tertiary alicyclic amines) is 1. The zero-order valence-corrected chi connectivity index (χ0v) is 12.9. The highest BCUT2D eigenvalue weighted by Crippen LogP contribution is 2.33. The lowest BCUT2D eigenvalue weighted by Crippen LogP contribution is -2.58. The molecule has 128 valence electrons. The number of piperidine rings is 1. The van der Waals surface area contributed by atoms with Gasteiger partial charge in [0, 0.05) is 25.9 Å². The molecular weight excluding hydrogens is 313 g/mol. The Bertz CT molecular complexity index is 583. The van der Waals surface area contributed by atoms with Gasteiger partial charge < -0.3 is 14.6 Å². The third-order valence-electron chi connectivity index (χ3n) is 3.92. The predicted octanol–water partition coefficient (Wildman–Crippen LogP) is 2.51. The van der Waals surface area contributed by atoms with Gasteiger partial charge in [0.25, 0.3) is 5.91 Å². The zero-order chi connectivity index (χ0) is 17.2. The highest BCUT2D eigenvalue weighted by molar-refractivity contribution is 5.95. The first-order valence-electron chi connectivity index (χ1n) is 7.45. The summed E-state index contributed by atoms with van der Waals surface area (Å²) < 4.78 is 44.9. The molecule has 1 aliphatic rings.